The SMILES string of the molecule is C=C/C=C/CC(C/C=C\COC(=O)OCC)(C(=O)OCC)C(=O)OCC. The van der Waals surface area contributed by atoms with Crippen LogP contribution in [0.3, 0.4) is 0 Å². The van der Waals surface area contributed by atoms with Crippen LogP contribution in [0.2, 0.25) is 0 Å². The molecule has 26 heavy (non-hydrogen) atoms. The van der Waals surface area contributed by atoms with Crippen LogP contribution in [0.4, 0.5) is 4.79 Å². The Bertz CT molecular complexity index is 502. The molecule has 146 valence electrons. The summed E-state index contributed by atoms with van der Waals surface area (Å²) < 4.78 is 19.6. The van der Waals surface area contributed by atoms with Gasteiger partial charge in [-0.05, 0) is 33.6 Å². The number of ether oxygens (including phenoxy) is 4. The van der Waals surface area contributed by atoms with Gasteiger partial charge in [0, 0.05) is 0 Å². The highest BCUT2D eigenvalue weighted by molar-refractivity contribution is 6.00. The standard InChI is InChI=1S/C19H28O7/c1-5-9-10-13-19(16(20)23-6-2,17(21)24-7-3)14-11-12-15-26-18(22)25-8-4/h5,9-12H,1,6-8,13-15H2,2-4H3/b10-9+,12-11-. The van der Waals surface area contributed by atoms with Gasteiger partial charge in [0.2, 0.25) is 0 Å². The summed E-state index contributed by atoms with van der Waals surface area (Å²) in [4.78, 5) is 36.1. The summed E-state index contributed by atoms with van der Waals surface area (Å²) in [5.74, 6) is -1.33. The lowest BCUT2D eigenvalue weighted by atomic mass is 9.80. The fraction of sp³-hybridized carbons (Fsp3) is 0.526. The second kappa shape index (κ2) is 13.7. The van der Waals surface area contributed by atoms with E-state index < -0.39 is 23.5 Å². The monoisotopic (exact) mass is 368 g/mol. The van der Waals surface area contributed by atoms with Gasteiger partial charge in [-0.25, -0.2) is 4.79 Å². The molecule has 0 bridgehead atoms. The summed E-state index contributed by atoms with van der Waals surface area (Å²) in [6.07, 6.45) is 7.30. The van der Waals surface area contributed by atoms with Gasteiger partial charge < -0.3 is 18.9 Å². The zero-order chi connectivity index (χ0) is 19.8. The summed E-state index contributed by atoms with van der Waals surface area (Å²) in [6.45, 7) is 9.02. The number of rotatable bonds is 12. The molecule has 0 aromatic carbocycles. The molecule has 0 atom stereocenters. The van der Waals surface area contributed by atoms with Crippen molar-refractivity contribution < 1.29 is 33.3 Å². The number of carbonyl (C=O) groups excluding carboxylic acids is 3. The number of allylic oxidation sites excluding steroid dienone is 4. The van der Waals surface area contributed by atoms with Gasteiger partial charge in [0.05, 0.1) is 19.8 Å². The third-order valence-corrected chi connectivity index (χ3v) is 3.26. The van der Waals surface area contributed by atoms with Gasteiger partial charge in [-0.3, -0.25) is 9.59 Å². The van der Waals surface area contributed by atoms with E-state index in [0.717, 1.165) is 0 Å². The number of hydrogen-bond acceptors (Lipinski definition) is 7. The Hall–Kier alpha value is -2.57. The van der Waals surface area contributed by atoms with E-state index >= 15 is 0 Å². The van der Waals surface area contributed by atoms with Gasteiger partial charge in [0.15, 0.2) is 5.41 Å². The van der Waals surface area contributed by atoms with Crippen LogP contribution in [0, 0.1) is 5.41 Å². The highest BCUT2D eigenvalue weighted by Gasteiger charge is 2.47. The van der Waals surface area contributed by atoms with Crippen molar-refractivity contribution in [3.8, 4) is 0 Å². The number of carbonyl (C=O) groups is 3. The quantitative estimate of drug-likeness (QED) is 0.172. The number of esters is 2. The molecule has 0 saturated carbocycles. The van der Waals surface area contributed by atoms with E-state index in [2.05, 4.69) is 11.3 Å². The third kappa shape index (κ3) is 8.00. The molecule has 7 heteroatoms. The fourth-order valence-electron chi connectivity index (χ4n) is 2.03. The van der Waals surface area contributed by atoms with E-state index in [1.54, 1.807) is 45.1 Å². The van der Waals surface area contributed by atoms with E-state index in [1.807, 2.05) is 0 Å². The van der Waals surface area contributed by atoms with Crippen LogP contribution in [-0.4, -0.2) is 44.5 Å². The zero-order valence-electron chi connectivity index (χ0n) is 15.7. The lowest BCUT2D eigenvalue weighted by Crippen LogP contribution is -2.41. The minimum Gasteiger partial charge on any atom is -0.465 e. The molecule has 0 aromatic heterocycles. The van der Waals surface area contributed by atoms with Crippen LogP contribution in [0.15, 0.2) is 37.0 Å². The molecule has 0 heterocycles. The topological polar surface area (TPSA) is 88.1 Å². The van der Waals surface area contributed by atoms with Crippen molar-refractivity contribution >= 4 is 18.1 Å². The molecule has 0 aromatic rings. The predicted octanol–water partition coefficient (Wildman–Crippen LogP) is 3.35. The lowest BCUT2D eigenvalue weighted by molar-refractivity contribution is -0.171. The number of hydrogen-bond donors (Lipinski definition) is 0. The largest absolute Gasteiger partial charge is 0.508 e. The Balaban J connectivity index is 5.27. The van der Waals surface area contributed by atoms with E-state index in [1.165, 1.54) is 6.08 Å². The van der Waals surface area contributed by atoms with E-state index in [9.17, 15) is 14.4 Å². The van der Waals surface area contributed by atoms with Crippen LogP contribution in [0.25, 0.3) is 0 Å². The fourth-order valence-corrected chi connectivity index (χ4v) is 2.03. The third-order valence-electron chi connectivity index (χ3n) is 3.26. The van der Waals surface area contributed by atoms with E-state index in [0.29, 0.717) is 0 Å². The summed E-state index contributed by atoms with van der Waals surface area (Å²) in [7, 11) is 0. The van der Waals surface area contributed by atoms with Gasteiger partial charge in [0.25, 0.3) is 0 Å². The Labute approximate surface area is 154 Å². The molecule has 0 aliphatic heterocycles. The summed E-state index contributed by atoms with van der Waals surface area (Å²) in [5.41, 5.74) is -1.51. The summed E-state index contributed by atoms with van der Waals surface area (Å²) in [6, 6.07) is 0. The molecule has 0 aliphatic carbocycles. The summed E-state index contributed by atoms with van der Waals surface area (Å²) in [5, 5.41) is 0. The maximum absolute atomic E-state index is 12.5. The Kier molecular flexibility index (Phi) is 12.3. The van der Waals surface area contributed by atoms with Crippen LogP contribution < -0.4 is 0 Å². The Morgan fingerprint density at radius 3 is 1.85 bits per heavy atom. The molecule has 0 amide bonds. The molecule has 0 radical (unpaired) electrons. The minimum atomic E-state index is -1.51. The smallest absolute Gasteiger partial charge is 0.465 e. The first-order chi connectivity index (χ1) is 12.5. The second-order valence-electron chi connectivity index (χ2n) is 5.06. The Morgan fingerprint density at radius 1 is 0.808 bits per heavy atom. The Morgan fingerprint density at radius 2 is 1.35 bits per heavy atom. The van der Waals surface area contributed by atoms with Crippen molar-refractivity contribution in [1.29, 1.82) is 0 Å². The average Bonchev–Trinajstić information content (AvgIpc) is 2.60. The van der Waals surface area contributed by atoms with Crippen molar-refractivity contribution in [3.63, 3.8) is 0 Å². The molecule has 0 aliphatic rings. The highest BCUT2D eigenvalue weighted by atomic mass is 16.7. The molecular weight excluding hydrogens is 340 g/mol. The molecule has 7 nitrogen and oxygen atoms in total. The molecule has 0 fully saturated rings. The maximum Gasteiger partial charge on any atom is 0.508 e. The molecule has 0 unspecified atom stereocenters. The normalized spacial score (nSPS) is 11.3. The van der Waals surface area contributed by atoms with E-state index in [4.69, 9.17) is 14.2 Å². The first-order valence-electron chi connectivity index (χ1n) is 8.54. The van der Waals surface area contributed by atoms with Crippen molar-refractivity contribution in [2.24, 2.45) is 5.41 Å². The van der Waals surface area contributed by atoms with Gasteiger partial charge in [-0.2, -0.15) is 0 Å². The van der Waals surface area contributed by atoms with Gasteiger partial charge in [-0.1, -0.05) is 37.0 Å². The molecule has 0 saturated heterocycles. The average molecular weight is 368 g/mol. The second-order valence-corrected chi connectivity index (χ2v) is 5.06. The first kappa shape index (κ1) is 23.4. The van der Waals surface area contributed by atoms with Crippen LogP contribution in [0.5, 0.6) is 0 Å². The minimum absolute atomic E-state index is 0.0386. The van der Waals surface area contributed by atoms with E-state index in [-0.39, 0.29) is 39.3 Å². The van der Waals surface area contributed by atoms with Crippen LogP contribution in [-0.2, 0) is 28.5 Å². The van der Waals surface area contributed by atoms with Crippen molar-refractivity contribution in [2.75, 3.05) is 26.4 Å². The first-order valence-corrected chi connectivity index (χ1v) is 8.54. The zero-order valence-corrected chi connectivity index (χ0v) is 15.7. The van der Waals surface area contributed by atoms with Crippen molar-refractivity contribution in [2.45, 2.75) is 33.6 Å². The molecular formula is C19H28O7. The predicted molar refractivity (Wildman–Crippen MR) is 96.4 cm³/mol. The highest BCUT2D eigenvalue weighted by Crippen LogP contribution is 2.32. The van der Waals surface area contributed by atoms with Crippen LogP contribution >= 0.6 is 0 Å². The maximum atomic E-state index is 12.5. The van der Waals surface area contributed by atoms with Gasteiger partial charge in [-0.15, -0.1) is 0 Å². The van der Waals surface area contributed by atoms with Crippen molar-refractivity contribution in [1.82, 2.24) is 0 Å². The summed E-state index contributed by atoms with van der Waals surface area (Å²) >= 11 is 0. The van der Waals surface area contributed by atoms with Crippen molar-refractivity contribution in [3.05, 3.63) is 37.0 Å². The van der Waals surface area contributed by atoms with Crippen LogP contribution in [0.1, 0.15) is 33.6 Å². The van der Waals surface area contributed by atoms with Gasteiger partial charge in [0.1, 0.15) is 6.61 Å². The molecule has 0 rings (SSSR count). The molecule has 0 N–H and O–H groups in total. The molecule has 0 spiro atoms. The van der Waals surface area contributed by atoms with Gasteiger partial charge >= 0.3 is 18.1 Å². The lowest BCUT2D eigenvalue weighted by Gasteiger charge is -2.27.